The number of nitrogens with zero attached hydrogens (tertiary/aromatic N) is 1. The Morgan fingerprint density at radius 1 is 1.73 bits per heavy atom. The van der Waals surface area contributed by atoms with E-state index < -0.39 is 0 Å². The maximum Gasteiger partial charge on any atom is 0.138 e. The number of hydrogen-bond acceptors (Lipinski definition) is 3. The van der Waals surface area contributed by atoms with Crippen molar-refractivity contribution >= 4 is 5.78 Å². The summed E-state index contributed by atoms with van der Waals surface area (Å²) in [7, 11) is 0. The lowest BCUT2D eigenvalue weighted by Gasteiger charge is -1.88. The molecule has 0 bridgehead atoms. The number of rotatable bonds is 3. The Bertz CT molecular complexity index is 252. The number of ketones is 1. The van der Waals surface area contributed by atoms with Gasteiger partial charge in [-0.05, 0) is 6.92 Å². The van der Waals surface area contributed by atoms with Crippen molar-refractivity contribution in [3.05, 3.63) is 17.5 Å². The molecule has 0 spiro atoms. The average Bonchev–Trinajstić information content (AvgIpc) is 2.35. The molecule has 3 heteroatoms. The highest BCUT2D eigenvalue weighted by Gasteiger charge is 2.04. The first-order chi connectivity index (χ1) is 5.22. The zero-order valence-corrected chi connectivity index (χ0v) is 6.76. The van der Waals surface area contributed by atoms with E-state index in [1.807, 2.05) is 13.8 Å². The summed E-state index contributed by atoms with van der Waals surface area (Å²) in [6.45, 7) is 3.65. The molecule has 1 rings (SSSR count). The van der Waals surface area contributed by atoms with Gasteiger partial charge in [0.1, 0.15) is 11.5 Å². The second-order valence-electron chi connectivity index (χ2n) is 2.50. The SMILES string of the molecule is CCC(=O)Cc1cc(C)on1. The molecule has 60 valence electrons. The summed E-state index contributed by atoms with van der Waals surface area (Å²) in [4.78, 5) is 10.9. The summed E-state index contributed by atoms with van der Waals surface area (Å²) in [5, 5.41) is 3.71. The average molecular weight is 153 g/mol. The van der Waals surface area contributed by atoms with E-state index in [-0.39, 0.29) is 5.78 Å². The lowest BCUT2D eigenvalue weighted by molar-refractivity contribution is -0.118. The minimum Gasteiger partial charge on any atom is -0.361 e. The minimum atomic E-state index is 0.193. The van der Waals surface area contributed by atoms with Gasteiger partial charge in [-0.15, -0.1) is 0 Å². The van der Waals surface area contributed by atoms with Crippen LogP contribution in [0.2, 0.25) is 0 Å². The molecular weight excluding hydrogens is 142 g/mol. The Morgan fingerprint density at radius 3 is 2.91 bits per heavy atom. The first-order valence-corrected chi connectivity index (χ1v) is 3.66. The van der Waals surface area contributed by atoms with E-state index in [2.05, 4.69) is 5.16 Å². The van der Waals surface area contributed by atoms with E-state index in [1.165, 1.54) is 0 Å². The van der Waals surface area contributed by atoms with Crippen LogP contribution in [0.25, 0.3) is 0 Å². The lowest BCUT2D eigenvalue weighted by atomic mass is 10.2. The second-order valence-corrected chi connectivity index (χ2v) is 2.50. The lowest BCUT2D eigenvalue weighted by Crippen LogP contribution is -1.99. The predicted molar refractivity (Wildman–Crippen MR) is 40.2 cm³/mol. The quantitative estimate of drug-likeness (QED) is 0.661. The molecule has 11 heavy (non-hydrogen) atoms. The zero-order chi connectivity index (χ0) is 8.27. The highest BCUT2D eigenvalue weighted by Crippen LogP contribution is 2.03. The summed E-state index contributed by atoms with van der Waals surface area (Å²) in [6.07, 6.45) is 0.958. The monoisotopic (exact) mass is 153 g/mol. The van der Waals surface area contributed by atoms with Crippen LogP contribution in [-0.4, -0.2) is 10.9 Å². The van der Waals surface area contributed by atoms with Gasteiger partial charge in [0.25, 0.3) is 0 Å². The van der Waals surface area contributed by atoms with Crippen LogP contribution in [0.5, 0.6) is 0 Å². The largest absolute Gasteiger partial charge is 0.361 e. The van der Waals surface area contributed by atoms with Gasteiger partial charge in [-0.1, -0.05) is 12.1 Å². The third kappa shape index (κ3) is 2.18. The fourth-order valence-corrected chi connectivity index (χ4v) is 0.828. The van der Waals surface area contributed by atoms with Crippen LogP contribution in [0, 0.1) is 6.92 Å². The van der Waals surface area contributed by atoms with Gasteiger partial charge in [0.2, 0.25) is 0 Å². The summed E-state index contributed by atoms with van der Waals surface area (Å²) in [5.74, 6) is 0.946. The van der Waals surface area contributed by atoms with Crippen molar-refractivity contribution in [2.24, 2.45) is 0 Å². The van der Waals surface area contributed by atoms with Crippen molar-refractivity contribution in [3.8, 4) is 0 Å². The van der Waals surface area contributed by atoms with Crippen LogP contribution in [0.15, 0.2) is 10.6 Å². The fourth-order valence-electron chi connectivity index (χ4n) is 0.828. The van der Waals surface area contributed by atoms with Crippen molar-refractivity contribution in [1.82, 2.24) is 5.16 Å². The molecule has 0 amide bonds. The molecule has 0 saturated carbocycles. The van der Waals surface area contributed by atoms with Crippen LogP contribution in [0.4, 0.5) is 0 Å². The summed E-state index contributed by atoms with van der Waals surface area (Å²) in [6, 6.07) is 1.79. The zero-order valence-electron chi connectivity index (χ0n) is 6.76. The predicted octanol–water partition coefficient (Wildman–Crippen LogP) is 1.50. The first kappa shape index (κ1) is 7.98. The first-order valence-electron chi connectivity index (χ1n) is 3.66. The van der Waals surface area contributed by atoms with Gasteiger partial charge in [0, 0.05) is 12.5 Å². The van der Waals surface area contributed by atoms with Crippen molar-refractivity contribution in [1.29, 1.82) is 0 Å². The van der Waals surface area contributed by atoms with Crippen LogP contribution >= 0.6 is 0 Å². The Hall–Kier alpha value is -1.12. The van der Waals surface area contributed by atoms with E-state index in [0.717, 1.165) is 11.5 Å². The van der Waals surface area contributed by atoms with E-state index in [0.29, 0.717) is 12.8 Å². The van der Waals surface area contributed by atoms with E-state index in [9.17, 15) is 4.79 Å². The Kier molecular flexibility index (Phi) is 2.41. The van der Waals surface area contributed by atoms with Gasteiger partial charge < -0.3 is 4.52 Å². The summed E-state index contributed by atoms with van der Waals surface area (Å²) >= 11 is 0. The van der Waals surface area contributed by atoms with Gasteiger partial charge in [-0.2, -0.15) is 0 Å². The molecule has 1 aromatic rings. The van der Waals surface area contributed by atoms with Gasteiger partial charge in [-0.25, -0.2) is 0 Å². The molecule has 0 aliphatic heterocycles. The van der Waals surface area contributed by atoms with E-state index in [1.54, 1.807) is 6.07 Å². The number of Topliss-reactive ketones (excluding diaryl/α,β-unsaturated/α-hetero) is 1. The molecule has 1 aromatic heterocycles. The Balaban J connectivity index is 2.57. The van der Waals surface area contributed by atoms with Crippen LogP contribution in [0.1, 0.15) is 24.8 Å². The molecule has 0 saturated heterocycles. The summed E-state index contributed by atoms with van der Waals surface area (Å²) in [5.41, 5.74) is 0.731. The standard InChI is InChI=1S/C8H11NO2/c1-3-8(10)5-7-4-6(2)11-9-7/h4H,3,5H2,1-2H3. The maximum absolute atomic E-state index is 10.9. The van der Waals surface area contributed by atoms with Crippen molar-refractivity contribution in [3.63, 3.8) is 0 Å². The molecule has 0 aromatic carbocycles. The highest BCUT2D eigenvalue weighted by molar-refractivity contribution is 5.80. The molecule has 0 aliphatic rings. The van der Waals surface area contributed by atoms with Crippen LogP contribution < -0.4 is 0 Å². The topological polar surface area (TPSA) is 43.1 Å². The number of aromatic nitrogens is 1. The van der Waals surface area contributed by atoms with Crippen molar-refractivity contribution < 1.29 is 9.32 Å². The molecule has 0 atom stereocenters. The smallest absolute Gasteiger partial charge is 0.138 e. The maximum atomic E-state index is 10.9. The molecule has 0 aliphatic carbocycles. The van der Waals surface area contributed by atoms with E-state index in [4.69, 9.17) is 4.52 Å². The number of aryl methyl sites for hydroxylation is 1. The molecule has 0 fully saturated rings. The molecule has 1 heterocycles. The molecule has 3 nitrogen and oxygen atoms in total. The highest BCUT2D eigenvalue weighted by atomic mass is 16.5. The normalized spacial score (nSPS) is 10.0. The number of hydrogen-bond donors (Lipinski definition) is 0. The van der Waals surface area contributed by atoms with Gasteiger partial charge in [0.05, 0.1) is 12.1 Å². The fraction of sp³-hybridized carbons (Fsp3) is 0.500. The van der Waals surface area contributed by atoms with Gasteiger partial charge in [0.15, 0.2) is 0 Å². The van der Waals surface area contributed by atoms with Gasteiger partial charge >= 0.3 is 0 Å². The number of carbonyl (C=O) groups is 1. The second kappa shape index (κ2) is 3.32. The third-order valence-corrected chi connectivity index (χ3v) is 1.45. The third-order valence-electron chi connectivity index (χ3n) is 1.45. The molecular formula is C8H11NO2. The van der Waals surface area contributed by atoms with Gasteiger partial charge in [-0.3, -0.25) is 4.79 Å². The van der Waals surface area contributed by atoms with Crippen LogP contribution in [-0.2, 0) is 11.2 Å². The van der Waals surface area contributed by atoms with Crippen LogP contribution in [0.3, 0.4) is 0 Å². The molecule has 0 N–H and O–H groups in total. The van der Waals surface area contributed by atoms with Crippen molar-refractivity contribution in [2.75, 3.05) is 0 Å². The number of carbonyl (C=O) groups excluding carboxylic acids is 1. The minimum absolute atomic E-state index is 0.193. The Labute approximate surface area is 65.4 Å². The van der Waals surface area contributed by atoms with E-state index >= 15 is 0 Å². The van der Waals surface area contributed by atoms with Crippen molar-refractivity contribution in [2.45, 2.75) is 26.7 Å². The summed E-state index contributed by atoms with van der Waals surface area (Å²) < 4.78 is 4.81. The Morgan fingerprint density at radius 2 is 2.45 bits per heavy atom. The molecule has 0 unspecified atom stereocenters. The molecule has 0 radical (unpaired) electrons.